The van der Waals surface area contributed by atoms with E-state index in [2.05, 4.69) is 4.98 Å². The molecule has 0 aliphatic carbocycles. The van der Waals surface area contributed by atoms with E-state index in [1.54, 1.807) is 4.90 Å². The summed E-state index contributed by atoms with van der Waals surface area (Å²) in [6.45, 7) is 0.687. The highest BCUT2D eigenvalue weighted by Gasteiger charge is 2.29. The second-order valence-corrected chi connectivity index (χ2v) is 5.59. The van der Waals surface area contributed by atoms with Gasteiger partial charge in [0, 0.05) is 29.9 Å². The summed E-state index contributed by atoms with van der Waals surface area (Å²) in [7, 11) is 0. The number of amides is 2. The molecule has 1 atom stereocenters. The van der Waals surface area contributed by atoms with Gasteiger partial charge in [0.2, 0.25) is 5.91 Å². The zero-order valence-corrected chi connectivity index (χ0v) is 11.8. The van der Waals surface area contributed by atoms with Crippen LogP contribution in [0.4, 0.5) is 0 Å². The SMILES string of the molecule is NC(=O)CC1CCCCN1C(=O)c1cc2ccccc2[nH]1. The molecule has 2 aromatic rings. The van der Waals surface area contributed by atoms with Crippen molar-refractivity contribution in [3.8, 4) is 0 Å². The van der Waals surface area contributed by atoms with Crippen LogP contribution in [0.3, 0.4) is 0 Å². The zero-order chi connectivity index (χ0) is 14.8. The Hall–Kier alpha value is -2.30. The summed E-state index contributed by atoms with van der Waals surface area (Å²) in [4.78, 5) is 28.8. The average molecular weight is 285 g/mol. The second kappa shape index (κ2) is 5.60. The van der Waals surface area contributed by atoms with Crippen LogP contribution in [0.15, 0.2) is 30.3 Å². The number of hydrogen-bond acceptors (Lipinski definition) is 2. The van der Waals surface area contributed by atoms with Gasteiger partial charge in [-0.15, -0.1) is 0 Å². The van der Waals surface area contributed by atoms with E-state index in [-0.39, 0.29) is 24.3 Å². The highest BCUT2D eigenvalue weighted by molar-refractivity contribution is 5.98. The van der Waals surface area contributed by atoms with Crippen molar-refractivity contribution in [1.29, 1.82) is 0 Å². The molecule has 0 radical (unpaired) electrons. The Balaban J connectivity index is 1.86. The Morgan fingerprint density at radius 2 is 2.10 bits per heavy atom. The van der Waals surface area contributed by atoms with Crippen LogP contribution in [-0.4, -0.2) is 34.3 Å². The van der Waals surface area contributed by atoms with Crippen molar-refractivity contribution in [2.24, 2.45) is 5.73 Å². The summed E-state index contributed by atoms with van der Waals surface area (Å²) in [6, 6.07) is 9.59. The van der Waals surface area contributed by atoms with Crippen molar-refractivity contribution < 1.29 is 9.59 Å². The monoisotopic (exact) mass is 285 g/mol. The number of fused-ring (bicyclic) bond motifs is 1. The highest BCUT2D eigenvalue weighted by atomic mass is 16.2. The number of piperidine rings is 1. The minimum atomic E-state index is -0.351. The Labute approximate surface area is 123 Å². The molecule has 2 heterocycles. The standard InChI is InChI=1S/C16H19N3O2/c17-15(20)10-12-6-3-4-8-19(12)16(21)14-9-11-5-1-2-7-13(11)18-14/h1-2,5,7,9,12,18H,3-4,6,8,10H2,(H2,17,20). The van der Waals surface area contributed by atoms with Crippen molar-refractivity contribution >= 4 is 22.7 Å². The first kappa shape index (κ1) is 13.7. The quantitative estimate of drug-likeness (QED) is 0.905. The summed E-state index contributed by atoms with van der Waals surface area (Å²) < 4.78 is 0. The van der Waals surface area contributed by atoms with Crippen molar-refractivity contribution in [1.82, 2.24) is 9.88 Å². The Morgan fingerprint density at radius 3 is 2.86 bits per heavy atom. The fourth-order valence-electron chi connectivity index (χ4n) is 3.06. The van der Waals surface area contributed by atoms with Gasteiger partial charge in [-0.3, -0.25) is 9.59 Å². The molecule has 1 aromatic heterocycles. The summed E-state index contributed by atoms with van der Waals surface area (Å²) in [5, 5.41) is 1.02. The lowest BCUT2D eigenvalue weighted by Crippen LogP contribution is -2.45. The third kappa shape index (κ3) is 2.77. The van der Waals surface area contributed by atoms with E-state index >= 15 is 0 Å². The van der Waals surface area contributed by atoms with Crippen LogP contribution in [0.2, 0.25) is 0 Å². The van der Waals surface area contributed by atoms with Gasteiger partial charge in [-0.05, 0) is 31.4 Å². The van der Waals surface area contributed by atoms with Gasteiger partial charge in [0.05, 0.1) is 0 Å². The normalized spacial score (nSPS) is 18.9. The van der Waals surface area contributed by atoms with Gasteiger partial charge in [-0.2, -0.15) is 0 Å². The number of carbonyl (C=O) groups is 2. The number of rotatable bonds is 3. The van der Waals surface area contributed by atoms with Crippen LogP contribution >= 0.6 is 0 Å². The Bertz CT molecular complexity index is 644. The molecule has 1 saturated heterocycles. The predicted molar refractivity (Wildman–Crippen MR) is 80.8 cm³/mol. The topological polar surface area (TPSA) is 79.2 Å². The summed E-state index contributed by atoms with van der Waals surface area (Å²) in [6.07, 6.45) is 3.09. The fourth-order valence-corrected chi connectivity index (χ4v) is 3.06. The van der Waals surface area contributed by atoms with Crippen LogP contribution in [0.1, 0.15) is 36.2 Å². The Morgan fingerprint density at radius 1 is 1.29 bits per heavy atom. The lowest BCUT2D eigenvalue weighted by Gasteiger charge is -2.34. The maximum atomic E-state index is 12.7. The number of nitrogens with zero attached hydrogens (tertiary/aromatic N) is 1. The summed E-state index contributed by atoms with van der Waals surface area (Å²) in [5.41, 5.74) is 6.83. The molecule has 5 heteroatoms. The van der Waals surface area contributed by atoms with Gasteiger partial charge < -0.3 is 15.6 Å². The molecule has 0 saturated carbocycles. The third-order valence-corrected chi connectivity index (χ3v) is 4.09. The van der Waals surface area contributed by atoms with E-state index in [4.69, 9.17) is 5.73 Å². The first-order valence-electron chi connectivity index (χ1n) is 7.32. The van der Waals surface area contributed by atoms with E-state index in [1.165, 1.54) is 0 Å². The molecular weight excluding hydrogens is 266 g/mol. The molecule has 2 amide bonds. The molecule has 3 rings (SSSR count). The molecular formula is C16H19N3O2. The minimum Gasteiger partial charge on any atom is -0.370 e. The molecule has 1 aliphatic heterocycles. The van der Waals surface area contributed by atoms with Crippen molar-refractivity contribution in [3.05, 3.63) is 36.0 Å². The van der Waals surface area contributed by atoms with Crippen LogP contribution < -0.4 is 5.73 Å². The van der Waals surface area contributed by atoms with E-state index < -0.39 is 0 Å². The van der Waals surface area contributed by atoms with Crippen LogP contribution in [0, 0.1) is 0 Å². The molecule has 1 aliphatic rings. The Kier molecular flexibility index (Phi) is 3.64. The van der Waals surface area contributed by atoms with Gasteiger partial charge in [-0.1, -0.05) is 18.2 Å². The van der Waals surface area contributed by atoms with Gasteiger partial charge in [-0.25, -0.2) is 0 Å². The van der Waals surface area contributed by atoms with Crippen molar-refractivity contribution in [2.75, 3.05) is 6.54 Å². The van der Waals surface area contributed by atoms with Gasteiger partial charge in [0.1, 0.15) is 5.69 Å². The smallest absolute Gasteiger partial charge is 0.270 e. The molecule has 1 unspecified atom stereocenters. The number of hydrogen-bond donors (Lipinski definition) is 2. The highest BCUT2D eigenvalue weighted by Crippen LogP contribution is 2.23. The van der Waals surface area contributed by atoms with Gasteiger partial charge in [0.15, 0.2) is 0 Å². The third-order valence-electron chi connectivity index (χ3n) is 4.09. The molecule has 0 bridgehead atoms. The fraction of sp³-hybridized carbons (Fsp3) is 0.375. The first-order valence-corrected chi connectivity index (χ1v) is 7.32. The lowest BCUT2D eigenvalue weighted by atomic mass is 9.98. The van der Waals surface area contributed by atoms with Crippen molar-refractivity contribution in [2.45, 2.75) is 31.7 Å². The van der Waals surface area contributed by atoms with E-state index in [1.807, 2.05) is 30.3 Å². The predicted octanol–water partition coefficient (Wildman–Crippen LogP) is 2.04. The maximum Gasteiger partial charge on any atom is 0.270 e. The van der Waals surface area contributed by atoms with Crippen LogP contribution in [0.25, 0.3) is 10.9 Å². The molecule has 1 aromatic carbocycles. The minimum absolute atomic E-state index is 0.0443. The van der Waals surface area contributed by atoms with E-state index in [9.17, 15) is 9.59 Å². The zero-order valence-electron chi connectivity index (χ0n) is 11.8. The number of carbonyl (C=O) groups excluding carboxylic acids is 2. The number of H-pyrrole nitrogens is 1. The van der Waals surface area contributed by atoms with Crippen LogP contribution in [0.5, 0.6) is 0 Å². The average Bonchev–Trinajstić information content (AvgIpc) is 2.90. The molecule has 5 nitrogen and oxygen atoms in total. The second-order valence-electron chi connectivity index (χ2n) is 5.59. The molecule has 0 spiro atoms. The molecule has 21 heavy (non-hydrogen) atoms. The number of para-hydroxylation sites is 1. The first-order chi connectivity index (χ1) is 10.1. The lowest BCUT2D eigenvalue weighted by molar-refractivity contribution is -0.119. The van der Waals surface area contributed by atoms with E-state index in [0.29, 0.717) is 12.2 Å². The number of likely N-dealkylation sites (tertiary alicyclic amines) is 1. The number of aromatic nitrogens is 1. The summed E-state index contributed by atoms with van der Waals surface area (Å²) in [5.74, 6) is -0.395. The molecule has 3 N–H and O–H groups in total. The van der Waals surface area contributed by atoms with Gasteiger partial charge in [0.25, 0.3) is 5.91 Å². The summed E-state index contributed by atoms with van der Waals surface area (Å²) >= 11 is 0. The maximum absolute atomic E-state index is 12.7. The van der Waals surface area contributed by atoms with Crippen molar-refractivity contribution in [3.63, 3.8) is 0 Å². The van der Waals surface area contributed by atoms with E-state index in [0.717, 1.165) is 30.2 Å². The largest absolute Gasteiger partial charge is 0.370 e. The van der Waals surface area contributed by atoms with Crippen LogP contribution in [-0.2, 0) is 4.79 Å². The number of aromatic amines is 1. The molecule has 1 fully saturated rings. The number of nitrogens with one attached hydrogen (secondary N) is 1. The number of primary amides is 1. The molecule has 110 valence electrons. The number of nitrogens with two attached hydrogens (primary N) is 1. The number of benzene rings is 1. The van der Waals surface area contributed by atoms with Gasteiger partial charge >= 0.3 is 0 Å².